The van der Waals surface area contributed by atoms with E-state index in [-0.39, 0.29) is 24.0 Å². The fourth-order valence-electron chi connectivity index (χ4n) is 3.44. The lowest BCUT2D eigenvalue weighted by molar-refractivity contribution is -0.139. The highest BCUT2D eigenvalue weighted by atomic mass is 16.4. The molecule has 6 nitrogen and oxygen atoms in total. The number of hydrogen-bond acceptors (Lipinski definition) is 3. The third-order valence-electron chi connectivity index (χ3n) is 4.74. The summed E-state index contributed by atoms with van der Waals surface area (Å²) in [4.78, 5) is 24.9. The molecule has 0 radical (unpaired) electrons. The minimum Gasteiger partial charge on any atom is -0.480 e. The number of likely N-dealkylation sites (tertiary alicyclic amines) is 1. The van der Waals surface area contributed by atoms with Gasteiger partial charge in [-0.05, 0) is 37.5 Å². The highest BCUT2D eigenvalue weighted by molar-refractivity contribution is 5.83. The average Bonchev–Trinajstić information content (AvgIpc) is 3.01. The van der Waals surface area contributed by atoms with Crippen LogP contribution in [0.1, 0.15) is 25.7 Å². The van der Waals surface area contributed by atoms with E-state index in [4.69, 9.17) is 5.11 Å². The summed E-state index contributed by atoms with van der Waals surface area (Å²) in [6, 6.07) is -1.04. The number of carboxylic acid groups (broad SMARTS) is 1. The highest BCUT2D eigenvalue weighted by Crippen LogP contribution is 2.38. The lowest BCUT2D eigenvalue weighted by Gasteiger charge is -2.22. The summed E-state index contributed by atoms with van der Waals surface area (Å²) in [6.07, 6.45) is 3.23. The molecule has 4 atom stereocenters. The van der Waals surface area contributed by atoms with Crippen molar-refractivity contribution in [3.05, 3.63) is 0 Å². The Bertz CT molecular complexity index is 396. The Morgan fingerprint density at radius 2 is 1.89 bits per heavy atom. The average molecular weight is 268 g/mol. The smallest absolute Gasteiger partial charge is 0.326 e. The van der Waals surface area contributed by atoms with Crippen molar-refractivity contribution >= 4 is 12.0 Å². The number of amides is 2. The number of rotatable bonds is 3. The molecule has 0 bridgehead atoms. The van der Waals surface area contributed by atoms with E-state index in [2.05, 4.69) is 5.32 Å². The second-order valence-corrected chi connectivity index (χ2v) is 6.08. The van der Waals surface area contributed by atoms with E-state index in [1.807, 2.05) is 0 Å². The van der Waals surface area contributed by atoms with Gasteiger partial charge in [0.25, 0.3) is 0 Å². The Morgan fingerprint density at radius 3 is 2.47 bits per heavy atom. The molecule has 1 saturated heterocycles. The summed E-state index contributed by atoms with van der Waals surface area (Å²) < 4.78 is 0. The summed E-state index contributed by atoms with van der Waals surface area (Å²) in [6.45, 7) is 1.19. The monoisotopic (exact) mass is 268 g/mol. The first-order valence-corrected chi connectivity index (χ1v) is 7.02. The predicted molar refractivity (Wildman–Crippen MR) is 66.5 cm³/mol. The van der Waals surface area contributed by atoms with Crippen LogP contribution in [0.4, 0.5) is 4.79 Å². The molecule has 0 spiro atoms. The molecule has 2 saturated carbocycles. The molecule has 19 heavy (non-hydrogen) atoms. The van der Waals surface area contributed by atoms with Gasteiger partial charge in [0.05, 0.1) is 6.10 Å². The maximum Gasteiger partial charge on any atom is 0.326 e. The van der Waals surface area contributed by atoms with Gasteiger partial charge >= 0.3 is 12.0 Å². The number of urea groups is 1. The normalized spacial score (nSPS) is 35.0. The van der Waals surface area contributed by atoms with Gasteiger partial charge in [-0.1, -0.05) is 0 Å². The summed E-state index contributed by atoms with van der Waals surface area (Å²) in [7, 11) is 0. The molecule has 3 N–H and O–H groups in total. The molecular weight excluding hydrogens is 248 g/mol. The van der Waals surface area contributed by atoms with Gasteiger partial charge < -0.3 is 20.4 Å². The van der Waals surface area contributed by atoms with Gasteiger partial charge in [0.1, 0.15) is 6.04 Å². The lowest BCUT2D eigenvalue weighted by atomic mass is 10.00. The van der Waals surface area contributed by atoms with Crippen molar-refractivity contribution < 1.29 is 19.8 Å². The van der Waals surface area contributed by atoms with E-state index in [1.54, 1.807) is 4.90 Å². The molecule has 2 amide bonds. The highest BCUT2D eigenvalue weighted by Gasteiger charge is 2.44. The van der Waals surface area contributed by atoms with Gasteiger partial charge in [0, 0.05) is 19.0 Å². The standard InChI is InChI=1S/C13H20N2O4/c16-10-4-3-8-5-15(6-9(8)10)13(19)14-11(12(17)18)7-1-2-7/h7-11,16H,1-6H2,(H,14,19)(H,17,18). The number of hydrogen-bond donors (Lipinski definition) is 3. The second-order valence-electron chi connectivity index (χ2n) is 6.08. The minimum absolute atomic E-state index is 0.0918. The van der Waals surface area contributed by atoms with Gasteiger partial charge in [0.15, 0.2) is 0 Å². The maximum atomic E-state index is 12.1. The van der Waals surface area contributed by atoms with Gasteiger partial charge in [-0.15, -0.1) is 0 Å². The number of aliphatic hydroxyl groups excluding tert-OH is 1. The number of nitrogens with zero attached hydrogens (tertiary/aromatic N) is 1. The van der Waals surface area contributed by atoms with E-state index < -0.39 is 12.0 Å². The number of carboxylic acids is 1. The summed E-state index contributed by atoms with van der Waals surface area (Å²) in [5.41, 5.74) is 0. The molecule has 106 valence electrons. The van der Waals surface area contributed by atoms with E-state index in [0.717, 1.165) is 25.7 Å². The quantitative estimate of drug-likeness (QED) is 0.685. The third kappa shape index (κ3) is 2.41. The Kier molecular flexibility index (Phi) is 3.12. The van der Waals surface area contributed by atoms with Crippen molar-refractivity contribution in [2.75, 3.05) is 13.1 Å². The third-order valence-corrected chi connectivity index (χ3v) is 4.74. The van der Waals surface area contributed by atoms with Crippen molar-refractivity contribution in [2.24, 2.45) is 17.8 Å². The molecule has 3 aliphatic rings. The molecule has 0 aromatic rings. The summed E-state index contributed by atoms with van der Waals surface area (Å²) in [5, 5.41) is 21.6. The molecule has 0 aromatic carbocycles. The zero-order chi connectivity index (χ0) is 13.6. The van der Waals surface area contributed by atoms with Gasteiger partial charge in [0.2, 0.25) is 0 Å². The molecule has 2 aliphatic carbocycles. The molecular formula is C13H20N2O4. The van der Waals surface area contributed by atoms with Gasteiger partial charge in [-0.25, -0.2) is 9.59 Å². The lowest BCUT2D eigenvalue weighted by Crippen LogP contribution is -2.48. The Hall–Kier alpha value is -1.30. The zero-order valence-corrected chi connectivity index (χ0v) is 10.8. The van der Waals surface area contributed by atoms with Crippen LogP contribution in [-0.4, -0.2) is 52.3 Å². The number of carbonyl (C=O) groups is 2. The van der Waals surface area contributed by atoms with Crippen molar-refractivity contribution in [1.82, 2.24) is 10.2 Å². The molecule has 1 heterocycles. The van der Waals surface area contributed by atoms with E-state index >= 15 is 0 Å². The Labute approximate surface area is 111 Å². The maximum absolute atomic E-state index is 12.1. The number of nitrogens with one attached hydrogen (secondary N) is 1. The molecule has 3 fully saturated rings. The van der Waals surface area contributed by atoms with Gasteiger partial charge in [-0.3, -0.25) is 0 Å². The van der Waals surface area contributed by atoms with E-state index in [9.17, 15) is 14.7 Å². The van der Waals surface area contributed by atoms with Crippen LogP contribution in [0.2, 0.25) is 0 Å². The SMILES string of the molecule is O=C(O)C(NC(=O)N1CC2CCC(O)C2C1)C1CC1. The van der Waals surface area contributed by atoms with E-state index in [0.29, 0.717) is 19.0 Å². The second kappa shape index (κ2) is 4.67. The largest absolute Gasteiger partial charge is 0.480 e. The first-order valence-electron chi connectivity index (χ1n) is 7.02. The van der Waals surface area contributed by atoms with Crippen LogP contribution in [-0.2, 0) is 4.79 Å². The first kappa shape index (κ1) is 12.7. The van der Waals surface area contributed by atoms with Crippen LogP contribution in [0.15, 0.2) is 0 Å². The number of fused-ring (bicyclic) bond motifs is 1. The van der Waals surface area contributed by atoms with Crippen molar-refractivity contribution in [3.8, 4) is 0 Å². The van der Waals surface area contributed by atoms with Crippen LogP contribution in [0.5, 0.6) is 0 Å². The fourth-order valence-corrected chi connectivity index (χ4v) is 3.44. The number of carbonyl (C=O) groups excluding carboxylic acids is 1. The van der Waals surface area contributed by atoms with Gasteiger partial charge in [-0.2, -0.15) is 0 Å². The molecule has 6 heteroatoms. The van der Waals surface area contributed by atoms with Crippen LogP contribution in [0.25, 0.3) is 0 Å². The zero-order valence-electron chi connectivity index (χ0n) is 10.8. The molecule has 3 rings (SSSR count). The first-order chi connectivity index (χ1) is 9.06. The molecule has 0 aromatic heterocycles. The molecule has 4 unspecified atom stereocenters. The Morgan fingerprint density at radius 1 is 1.16 bits per heavy atom. The van der Waals surface area contributed by atoms with Crippen molar-refractivity contribution in [2.45, 2.75) is 37.8 Å². The topological polar surface area (TPSA) is 89.9 Å². The van der Waals surface area contributed by atoms with Crippen molar-refractivity contribution in [1.29, 1.82) is 0 Å². The summed E-state index contributed by atoms with van der Waals surface area (Å²) in [5.74, 6) is -0.302. The van der Waals surface area contributed by atoms with Crippen LogP contribution in [0, 0.1) is 17.8 Å². The number of aliphatic hydroxyl groups is 1. The Balaban J connectivity index is 1.58. The van der Waals surface area contributed by atoms with Crippen LogP contribution >= 0.6 is 0 Å². The van der Waals surface area contributed by atoms with E-state index in [1.165, 1.54) is 0 Å². The summed E-state index contributed by atoms with van der Waals surface area (Å²) >= 11 is 0. The van der Waals surface area contributed by atoms with Crippen LogP contribution in [0.3, 0.4) is 0 Å². The van der Waals surface area contributed by atoms with Crippen molar-refractivity contribution in [3.63, 3.8) is 0 Å². The number of aliphatic carboxylic acids is 1. The minimum atomic E-state index is -0.949. The molecule has 1 aliphatic heterocycles. The van der Waals surface area contributed by atoms with Crippen LogP contribution < -0.4 is 5.32 Å². The fraction of sp³-hybridized carbons (Fsp3) is 0.846. The predicted octanol–water partition coefficient (Wildman–Crippen LogP) is 0.262.